The van der Waals surface area contributed by atoms with Gasteiger partial charge in [-0.2, -0.15) is 0 Å². The number of nitrogens with two attached hydrogens (primary N) is 1. The summed E-state index contributed by atoms with van der Waals surface area (Å²) in [4.78, 5) is 16.1. The Morgan fingerprint density at radius 2 is 2.28 bits per heavy atom. The Labute approximate surface area is 106 Å². The van der Waals surface area contributed by atoms with Crippen LogP contribution in [0.2, 0.25) is 0 Å². The molecular formula is C11H19N5O2. The Balaban J connectivity index is 2.56. The second-order valence-electron chi connectivity index (χ2n) is 4.33. The van der Waals surface area contributed by atoms with E-state index in [9.17, 15) is 10.1 Å². The topological polar surface area (TPSA) is 97.3 Å². The van der Waals surface area contributed by atoms with Gasteiger partial charge in [0.2, 0.25) is 0 Å². The van der Waals surface area contributed by atoms with Gasteiger partial charge in [-0.15, -0.1) is 0 Å². The maximum absolute atomic E-state index is 10.5. The van der Waals surface area contributed by atoms with Crippen molar-refractivity contribution in [3.63, 3.8) is 0 Å². The van der Waals surface area contributed by atoms with Crippen molar-refractivity contribution in [3.8, 4) is 0 Å². The molecule has 0 amide bonds. The van der Waals surface area contributed by atoms with Crippen molar-refractivity contribution in [2.24, 2.45) is 5.73 Å². The van der Waals surface area contributed by atoms with Crippen LogP contribution < -0.4 is 11.1 Å². The summed E-state index contributed by atoms with van der Waals surface area (Å²) in [6.07, 6.45) is 2.13. The van der Waals surface area contributed by atoms with Gasteiger partial charge < -0.3 is 16.0 Å². The lowest BCUT2D eigenvalue weighted by molar-refractivity contribution is -0.385. The van der Waals surface area contributed by atoms with Crippen LogP contribution in [0.3, 0.4) is 0 Å². The first kappa shape index (κ1) is 14.3. The van der Waals surface area contributed by atoms with E-state index in [0.717, 1.165) is 13.0 Å². The number of pyridine rings is 1. The highest BCUT2D eigenvalue weighted by molar-refractivity contribution is 5.40. The van der Waals surface area contributed by atoms with Gasteiger partial charge in [0, 0.05) is 18.7 Å². The molecule has 0 aromatic carbocycles. The van der Waals surface area contributed by atoms with Crippen LogP contribution in [0.25, 0.3) is 0 Å². The standard InChI is InChI=1S/C11H19N5O2/c1-15(2)6-5-9(7-12)14-11-4-3-10(8-13-11)16(17)18/h3-4,8-9H,5-7,12H2,1-2H3,(H,13,14). The molecule has 0 aliphatic carbocycles. The molecule has 0 saturated carbocycles. The fraction of sp³-hybridized carbons (Fsp3) is 0.545. The van der Waals surface area contributed by atoms with E-state index in [1.165, 1.54) is 12.3 Å². The Bertz CT molecular complexity index is 380. The highest BCUT2D eigenvalue weighted by Crippen LogP contribution is 2.13. The van der Waals surface area contributed by atoms with Crippen LogP contribution in [0.5, 0.6) is 0 Å². The van der Waals surface area contributed by atoms with E-state index in [2.05, 4.69) is 15.2 Å². The first-order valence-electron chi connectivity index (χ1n) is 5.74. The SMILES string of the molecule is CN(C)CCC(CN)Nc1ccc([N+](=O)[O-])cn1. The van der Waals surface area contributed by atoms with Gasteiger partial charge in [-0.25, -0.2) is 4.98 Å². The minimum atomic E-state index is -0.469. The number of anilines is 1. The largest absolute Gasteiger partial charge is 0.366 e. The average Bonchev–Trinajstić information content (AvgIpc) is 2.34. The molecule has 7 heteroatoms. The molecular weight excluding hydrogens is 234 g/mol. The molecule has 1 rings (SSSR count). The second-order valence-corrected chi connectivity index (χ2v) is 4.33. The van der Waals surface area contributed by atoms with Crippen LogP contribution >= 0.6 is 0 Å². The molecule has 0 spiro atoms. The molecule has 0 fully saturated rings. The van der Waals surface area contributed by atoms with E-state index in [4.69, 9.17) is 5.73 Å². The second kappa shape index (κ2) is 6.87. The van der Waals surface area contributed by atoms with E-state index in [1.807, 2.05) is 14.1 Å². The molecule has 1 unspecified atom stereocenters. The molecule has 0 saturated heterocycles. The molecule has 0 aliphatic rings. The first-order valence-corrected chi connectivity index (χ1v) is 5.74. The molecule has 0 radical (unpaired) electrons. The number of nitrogens with zero attached hydrogens (tertiary/aromatic N) is 3. The van der Waals surface area contributed by atoms with E-state index in [1.54, 1.807) is 6.07 Å². The molecule has 3 N–H and O–H groups in total. The maximum Gasteiger partial charge on any atom is 0.287 e. The lowest BCUT2D eigenvalue weighted by Crippen LogP contribution is -2.32. The predicted molar refractivity (Wildman–Crippen MR) is 70.5 cm³/mol. The molecule has 0 bridgehead atoms. The van der Waals surface area contributed by atoms with Gasteiger partial charge in [-0.1, -0.05) is 0 Å². The molecule has 100 valence electrons. The van der Waals surface area contributed by atoms with Gasteiger partial charge in [-0.3, -0.25) is 10.1 Å². The van der Waals surface area contributed by atoms with E-state index in [0.29, 0.717) is 12.4 Å². The predicted octanol–water partition coefficient (Wildman–Crippen LogP) is 0.681. The Kier molecular flexibility index (Phi) is 5.47. The van der Waals surface area contributed by atoms with Crippen LogP contribution in [-0.2, 0) is 0 Å². The maximum atomic E-state index is 10.5. The van der Waals surface area contributed by atoms with Crippen molar-refractivity contribution in [1.29, 1.82) is 0 Å². The molecule has 1 atom stereocenters. The van der Waals surface area contributed by atoms with Gasteiger partial charge in [0.1, 0.15) is 12.0 Å². The summed E-state index contributed by atoms with van der Waals surface area (Å²) < 4.78 is 0. The highest BCUT2D eigenvalue weighted by Gasteiger charge is 2.09. The Morgan fingerprint density at radius 3 is 2.72 bits per heavy atom. The summed E-state index contributed by atoms with van der Waals surface area (Å²) in [6, 6.07) is 3.13. The third-order valence-electron chi connectivity index (χ3n) is 2.52. The first-order chi connectivity index (χ1) is 8.52. The lowest BCUT2D eigenvalue weighted by atomic mass is 10.2. The van der Waals surface area contributed by atoms with Crippen LogP contribution in [0, 0.1) is 10.1 Å². The number of hydrogen-bond donors (Lipinski definition) is 2. The van der Waals surface area contributed by atoms with Gasteiger partial charge in [0.15, 0.2) is 0 Å². The van der Waals surface area contributed by atoms with Crippen molar-refractivity contribution in [3.05, 3.63) is 28.4 Å². The van der Waals surface area contributed by atoms with Crippen molar-refractivity contribution in [1.82, 2.24) is 9.88 Å². The third kappa shape index (κ3) is 4.64. The number of rotatable bonds is 7. The quantitative estimate of drug-likeness (QED) is 0.548. The molecule has 0 aliphatic heterocycles. The van der Waals surface area contributed by atoms with E-state index >= 15 is 0 Å². The Morgan fingerprint density at radius 1 is 1.56 bits per heavy atom. The average molecular weight is 253 g/mol. The van der Waals surface area contributed by atoms with Gasteiger partial charge in [-0.05, 0) is 33.1 Å². The van der Waals surface area contributed by atoms with Crippen molar-refractivity contribution in [2.45, 2.75) is 12.5 Å². The summed E-state index contributed by atoms with van der Waals surface area (Å²) in [5, 5.41) is 13.7. The van der Waals surface area contributed by atoms with Crippen molar-refractivity contribution in [2.75, 3.05) is 32.5 Å². The molecule has 1 heterocycles. The molecule has 1 aromatic rings. The zero-order valence-corrected chi connectivity index (χ0v) is 10.7. The van der Waals surface area contributed by atoms with Crippen LogP contribution in [0.15, 0.2) is 18.3 Å². The highest BCUT2D eigenvalue weighted by atomic mass is 16.6. The van der Waals surface area contributed by atoms with Gasteiger partial charge in [0.05, 0.1) is 4.92 Å². The van der Waals surface area contributed by atoms with Crippen molar-refractivity contribution < 1.29 is 4.92 Å². The van der Waals surface area contributed by atoms with Crippen LogP contribution in [-0.4, -0.2) is 48.0 Å². The van der Waals surface area contributed by atoms with Gasteiger partial charge in [0.25, 0.3) is 5.69 Å². The zero-order valence-electron chi connectivity index (χ0n) is 10.7. The normalized spacial score (nSPS) is 12.4. The molecule has 1 aromatic heterocycles. The monoisotopic (exact) mass is 253 g/mol. The van der Waals surface area contributed by atoms with Crippen LogP contribution in [0.4, 0.5) is 11.5 Å². The number of nitro groups is 1. The number of nitrogens with one attached hydrogen (secondary N) is 1. The minimum Gasteiger partial charge on any atom is -0.366 e. The fourth-order valence-electron chi connectivity index (χ4n) is 1.45. The van der Waals surface area contributed by atoms with E-state index in [-0.39, 0.29) is 11.7 Å². The summed E-state index contributed by atoms with van der Waals surface area (Å²) in [5.41, 5.74) is 5.65. The van der Waals surface area contributed by atoms with Gasteiger partial charge >= 0.3 is 0 Å². The summed E-state index contributed by atoms with van der Waals surface area (Å²) >= 11 is 0. The van der Waals surface area contributed by atoms with Crippen LogP contribution in [0.1, 0.15) is 6.42 Å². The summed E-state index contributed by atoms with van der Waals surface area (Å²) in [7, 11) is 4.00. The van der Waals surface area contributed by atoms with Crippen molar-refractivity contribution >= 4 is 11.5 Å². The van der Waals surface area contributed by atoms with E-state index < -0.39 is 4.92 Å². The molecule has 7 nitrogen and oxygen atoms in total. The summed E-state index contributed by atoms with van der Waals surface area (Å²) in [6.45, 7) is 1.41. The molecule has 18 heavy (non-hydrogen) atoms. The smallest absolute Gasteiger partial charge is 0.287 e. The zero-order chi connectivity index (χ0) is 13.5. The number of hydrogen-bond acceptors (Lipinski definition) is 6. The number of aromatic nitrogens is 1. The minimum absolute atomic E-state index is 0.0156. The summed E-state index contributed by atoms with van der Waals surface area (Å²) in [5.74, 6) is 0.606. The Hall–Kier alpha value is -1.73. The fourth-order valence-corrected chi connectivity index (χ4v) is 1.45. The third-order valence-corrected chi connectivity index (χ3v) is 2.52. The lowest BCUT2D eigenvalue weighted by Gasteiger charge is -2.19.